The predicted octanol–water partition coefficient (Wildman–Crippen LogP) is 1.42. The molecule has 0 aromatic heterocycles. The molecule has 1 heterocycles. The third kappa shape index (κ3) is 4.43. The quantitative estimate of drug-likeness (QED) is 0.790. The zero-order valence-corrected chi connectivity index (χ0v) is 12.1. The number of carbonyl (C=O) groups excluding carboxylic acids is 2. The minimum Gasteiger partial charge on any atom is -0.272 e. The summed E-state index contributed by atoms with van der Waals surface area (Å²) in [5.41, 5.74) is 0. The number of amides is 2. The Morgan fingerprint density at radius 3 is 2.18 bits per heavy atom. The molecule has 1 aliphatic heterocycles. The van der Waals surface area contributed by atoms with E-state index in [1.807, 2.05) is 0 Å². The molecule has 6 heteroatoms. The molecule has 4 nitrogen and oxygen atoms in total. The van der Waals surface area contributed by atoms with Crippen LogP contribution in [0.4, 0.5) is 0 Å². The van der Waals surface area contributed by atoms with E-state index in [1.54, 1.807) is 21.8 Å². The van der Waals surface area contributed by atoms with Crippen molar-refractivity contribution < 1.29 is 9.59 Å². The highest BCUT2D eigenvalue weighted by molar-refractivity contribution is 8.00. The Hall–Kier alpha value is -0.360. The molecular formula is C11H20N2O2S2. The maximum atomic E-state index is 12.0. The fraction of sp³-hybridized carbons (Fsp3) is 0.818. The van der Waals surface area contributed by atoms with E-state index < -0.39 is 0 Å². The maximum absolute atomic E-state index is 12.0. The average molecular weight is 276 g/mol. The third-order valence-corrected chi connectivity index (χ3v) is 3.88. The highest BCUT2D eigenvalue weighted by atomic mass is 32.2. The molecule has 0 atom stereocenters. The van der Waals surface area contributed by atoms with E-state index in [9.17, 15) is 9.59 Å². The Morgan fingerprint density at radius 1 is 1.18 bits per heavy atom. The number of thiol groups is 1. The summed E-state index contributed by atoms with van der Waals surface area (Å²) >= 11 is 5.59. The molecule has 1 saturated heterocycles. The zero-order chi connectivity index (χ0) is 12.8. The summed E-state index contributed by atoms with van der Waals surface area (Å²) in [6.07, 6.45) is 1.93. The first-order valence-electron chi connectivity index (χ1n) is 5.89. The smallest absolute Gasteiger partial charge is 0.251 e. The predicted molar refractivity (Wildman–Crippen MR) is 74.1 cm³/mol. The fourth-order valence-electron chi connectivity index (χ4n) is 1.68. The number of hydrogen-bond acceptors (Lipinski definition) is 4. The van der Waals surface area contributed by atoms with Crippen molar-refractivity contribution in [3.05, 3.63) is 0 Å². The standard InChI is InChI=1S/C11H20N2O2S2/c1-9(2)17-8-11(15)13-6-4-3-5-12(13)10(14)7-16/h9,16H,3-8H2,1-2H3. The van der Waals surface area contributed by atoms with Crippen molar-refractivity contribution >= 4 is 36.2 Å². The van der Waals surface area contributed by atoms with Gasteiger partial charge in [-0.15, -0.1) is 11.8 Å². The molecule has 0 unspecified atom stereocenters. The van der Waals surface area contributed by atoms with Gasteiger partial charge in [-0.05, 0) is 18.1 Å². The van der Waals surface area contributed by atoms with Crippen LogP contribution in [0, 0.1) is 0 Å². The van der Waals surface area contributed by atoms with Crippen molar-refractivity contribution in [2.24, 2.45) is 0 Å². The van der Waals surface area contributed by atoms with Gasteiger partial charge in [0.25, 0.3) is 11.8 Å². The molecular weight excluding hydrogens is 256 g/mol. The summed E-state index contributed by atoms with van der Waals surface area (Å²) < 4.78 is 0. The van der Waals surface area contributed by atoms with Gasteiger partial charge in [0.05, 0.1) is 11.5 Å². The Bertz CT molecular complexity index is 285. The normalized spacial score (nSPS) is 16.5. The van der Waals surface area contributed by atoms with Gasteiger partial charge >= 0.3 is 0 Å². The van der Waals surface area contributed by atoms with Crippen LogP contribution in [0.2, 0.25) is 0 Å². The minimum atomic E-state index is -0.0871. The number of nitrogens with zero attached hydrogens (tertiary/aromatic N) is 2. The van der Waals surface area contributed by atoms with Crippen LogP contribution in [-0.2, 0) is 9.59 Å². The summed E-state index contributed by atoms with van der Waals surface area (Å²) in [5, 5.41) is 3.58. The van der Waals surface area contributed by atoms with Crippen molar-refractivity contribution in [1.82, 2.24) is 10.0 Å². The molecule has 1 rings (SSSR count). The van der Waals surface area contributed by atoms with Crippen molar-refractivity contribution in [3.63, 3.8) is 0 Å². The molecule has 1 aliphatic rings. The van der Waals surface area contributed by atoms with E-state index in [1.165, 1.54) is 0 Å². The molecule has 98 valence electrons. The number of thioether (sulfide) groups is 1. The molecule has 0 aliphatic carbocycles. The van der Waals surface area contributed by atoms with Gasteiger partial charge in [-0.2, -0.15) is 12.6 Å². The second-order valence-corrected chi connectivity index (χ2v) is 6.14. The zero-order valence-electron chi connectivity index (χ0n) is 10.4. The lowest BCUT2D eigenvalue weighted by Crippen LogP contribution is -2.54. The first-order chi connectivity index (χ1) is 8.06. The summed E-state index contributed by atoms with van der Waals surface area (Å²) in [6.45, 7) is 5.41. The van der Waals surface area contributed by atoms with E-state index in [2.05, 4.69) is 26.5 Å². The number of hydrazine groups is 1. The van der Waals surface area contributed by atoms with E-state index >= 15 is 0 Å². The van der Waals surface area contributed by atoms with Crippen LogP contribution in [-0.4, -0.2) is 51.7 Å². The van der Waals surface area contributed by atoms with Gasteiger partial charge in [0.2, 0.25) is 0 Å². The summed E-state index contributed by atoms with van der Waals surface area (Å²) in [4.78, 5) is 23.7. The van der Waals surface area contributed by atoms with Crippen LogP contribution in [0.15, 0.2) is 0 Å². The van der Waals surface area contributed by atoms with Gasteiger partial charge in [0.1, 0.15) is 0 Å². The maximum Gasteiger partial charge on any atom is 0.251 e. The van der Waals surface area contributed by atoms with Crippen LogP contribution in [0.1, 0.15) is 26.7 Å². The lowest BCUT2D eigenvalue weighted by molar-refractivity contribution is -0.164. The molecule has 0 aromatic carbocycles. The van der Waals surface area contributed by atoms with Gasteiger partial charge in [-0.3, -0.25) is 19.6 Å². The second-order valence-electron chi connectivity index (χ2n) is 4.26. The van der Waals surface area contributed by atoms with Crippen molar-refractivity contribution in [1.29, 1.82) is 0 Å². The number of carbonyl (C=O) groups is 2. The van der Waals surface area contributed by atoms with E-state index in [4.69, 9.17) is 0 Å². The molecule has 0 radical (unpaired) electrons. The van der Waals surface area contributed by atoms with E-state index in [0.29, 0.717) is 24.1 Å². The molecule has 0 N–H and O–H groups in total. The Kier molecular flexibility index (Phi) is 6.19. The molecule has 0 aromatic rings. The van der Waals surface area contributed by atoms with E-state index in [-0.39, 0.29) is 17.6 Å². The SMILES string of the molecule is CC(C)SCC(=O)N1CCCCN1C(=O)CS. The largest absolute Gasteiger partial charge is 0.272 e. The number of rotatable bonds is 4. The van der Waals surface area contributed by atoms with Crippen LogP contribution >= 0.6 is 24.4 Å². The molecule has 1 fully saturated rings. The van der Waals surface area contributed by atoms with Gasteiger partial charge in [0.15, 0.2) is 0 Å². The number of hydrogen-bond donors (Lipinski definition) is 1. The van der Waals surface area contributed by atoms with Crippen molar-refractivity contribution in [3.8, 4) is 0 Å². The van der Waals surface area contributed by atoms with Crippen molar-refractivity contribution in [2.45, 2.75) is 31.9 Å². The highest BCUT2D eigenvalue weighted by Crippen LogP contribution is 2.16. The average Bonchev–Trinajstić information content (AvgIpc) is 2.34. The fourth-order valence-corrected chi connectivity index (χ4v) is 2.47. The summed E-state index contributed by atoms with van der Waals surface area (Å²) in [5.74, 6) is 0.532. The van der Waals surface area contributed by atoms with E-state index in [0.717, 1.165) is 12.8 Å². The Balaban J connectivity index is 2.58. The summed E-state index contributed by atoms with van der Waals surface area (Å²) in [7, 11) is 0. The molecule has 0 spiro atoms. The van der Waals surface area contributed by atoms with Crippen molar-refractivity contribution in [2.75, 3.05) is 24.6 Å². The summed E-state index contributed by atoms with van der Waals surface area (Å²) in [6, 6.07) is 0. The first-order valence-corrected chi connectivity index (χ1v) is 7.57. The van der Waals surface area contributed by atoms with Crippen LogP contribution in [0.5, 0.6) is 0 Å². The third-order valence-electron chi connectivity index (χ3n) is 2.53. The first kappa shape index (κ1) is 14.7. The minimum absolute atomic E-state index is 0.0264. The van der Waals surface area contributed by atoms with Gasteiger partial charge < -0.3 is 0 Å². The Labute approximate surface area is 112 Å². The monoisotopic (exact) mass is 276 g/mol. The van der Waals surface area contributed by atoms with Crippen LogP contribution in [0.25, 0.3) is 0 Å². The molecule has 0 bridgehead atoms. The lowest BCUT2D eigenvalue weighted by Gasteiger charge is -2.38. The molecule has 2 amide bonds. The second kappa shape index (κ2) is 7.16. The highest BCUT2D eigenvalue weighted by Gasteiger charge is 2.27. The van der Waals surface area contributed by atoms with Gasteiger partial charge in [-0.25, -0.2) is 0 Å². The molecule has 17 heavy (non-hydrogen) atoms. The topological polar surface area (TPSA) is 40.6 Å². The van der Waals surface area contributed by atoms with Crippen LogP contribution < -0.4 is 0 Å². The van der Waals surface area contributed by atoms with Gasteiger partial charge in [-0.1, -0.05) is 13.8 Å². The molecule has 0 saturated carbocycles. The Morgan fingerprint density at radius 2 is 1.71 bits per heavy atom. The van der Waals surface area contributed by atoms with Gasteiger partial charge in [0, 0.05) is 13.1 Å². The lowest BCUT2D eigenvalue weighted by atomic mass is 10.2. The van der Waals surface area contributed by atoms with Crippen LogP contribution in [0.3, 0.4) is 0 Å².